The number of hydrogen-bond donors (Lipinski definition) is 2. The van der Waals surface area contributed by atoms with Gasteiger partial charge in [-0.2, -0.15) is 0 Å². The summed E-state index contributed by atoms with van der Waals surface area (Å²) in [5, 5.41) is 3.63. The molecule has 1 heterocycles. The molecule has 1 fully saturated rings. The van der Waals surface area contributed by atoms with Crippen molar-refractivity contribution >= 4 is 0 Å². The fourth-order valence-corrected chi connectivity index (χ4v) is 2.84. The Bertz CT molecular complexity index is 288. The first-order chi connectivity index (χ1) is 8.40. The molecule has 1 atom stereocenters. The Morgan fingerprint density at radius 1 is 1.41 bits per heavy atom. The predicted octanol–water partition coefficient (Wildman–Crippen LogP) is 3.42. The van der Waals surface area contributed by atoms with Crippen LogP contribution in [0.5, 0.6) is 0 Å². The Labute approximate surface area is 104 Å². The van der Waals surface area contributed by atoms with Crippen LogP contribution in [0.4, 0.5) is 0 Å². The summed E-state index contributed by atoms with van der Waals surface area (Å²) in [5.41, 5.74) is 0. The van der Waals surface area contributed by atoms with Crippen molar-refractivity contribution in [3.05, 3.63) is 18.2 Å². The van der Waals surface area contributed by atoms with Crippen LogP contribution in [0.2, 0.25) is 0 Å². The first-order valence-corrected chi connectivity index (χ1v) is 7.12. The van der Waals surface area contributed by atoms with Crippen LogP contribution < -0.4 is 5.32 Å². The fraction of sp³-hybridized carbons (Fsp3) is 0.786. The second-order valence-corrected chi connectivity index (χ2v) is 5.18. The van der Waals surface area contributed by atoms with Crippen molar-refractivity contribution in [3.63, 3.8) is 0 Å². The quantitative estimate of drug-likeness (QED) is 0.793. The molecule has 1 saturated carbocycles. The number of imidazole rings is 1. The first kappa shape index (κ1) is 12.6. The molecule has 0 radical (unpaired) electrons. The van der Waals surface area contributed by atoms with Crippen molar-refractivity contribution in [1.29, 1.82) is 0 Å². The molecule has 3 heteroatoms. The topological polar surface area (TPSA) is 40.7 Å². The van der Waals surface area contributed by atoms with Crippen LogP contribution in [0.15, 0.2) is 12.4 Å². The zero-order valence-corrected chi connectivity index (χ0v) is 10.9. The Hall–Kier alpha value is -0.830. The van der Waals surface area contributed by atoms with E-state index in [1.807, 2.05) is 12.4 Å². The van der Waals surface area contributed by atoms with E-state index in [1.165, 1.54) is 38.5 Å². The molecule has 1 aromatic rings. The van der Waals surface area contributed by atoms with Gasteiger partial charge < -0.3 is 10.3 Å². The van der Waals surface area contributed by atoms with Crippen LogP contribution in [0.3, 0.4) is 0 Å². The van der Waals surface area contributed by atoms with E-state index < -0.39 is 0 Å². The monoisotopic (exact) mass is 235 g/mol. The van der Waals surface area contributed by atoms with Crippen LogP contribution in [0, 0.1) is 5.92 Å². The smallest absolute Gasteiger partial charge is 0.123 e. The number of nitrogens with one attached hydrogen (secondary N) is 2. The molecule has 1 unspecified atom stereocenters. The summed E-state index contributed by atoms with van der Waals surface area (Å²) >= 11 is 0. The molecule has 17 heavy (non-hydrogen) atoms. The molecule has 0 aromatic carbocycles. The van der Waals surface area contributed by atoms with Gasteiger partial charge in [0, 0.05) is 12.4 Å². The van der Waals surface area contributed by atoms with Crippen molar-refractivity contribution in [3.8, 4) is 0 Å². The van der Waals surface area contributed by atoms with Gasteiger partial charge in [0.2, 0.25) is 0 Å². The molecule has 0 saturated heterocycles. The highest BCUT2D eigenvalue weighted by atomic mass is 15.0. The Morgan fingerprint density at radius 3 is 2.88 bits per heavy atom. The summed E-state index contributed by atoms with van der Waals surface area (Å²) in [7, 11) is 0. The lowest BCUT2D eigenvalue weighted by molar-refractivity contribution is 0.325. The molecule has 1 aliphatic rings. The summed E-state index contributed by atoms with van der Waals surface area (Å²) in [5.74, 6) is 2.04. The molecule has 2 rings (SSSR count). The van der Waals surface area contributed by atoms with Crippen LogP contribution in [0.1, 0.15) is 63.7 Å². The maximum atomic E-state index is 4.33. The zero-order chi connectivity index (χ0) is 11.9. The Kier molecular flexibility index (Phi) is 5.05. The van der Waals surface area contributed by atoms with Gasteiger partial charge in [0.1, 0.15) is 5.82 Å². The van der Waals surface area contributed by atoms with Gasteiger partial charge in [-0.05, 0) is 25.3 Å². The average molecular weight is 235 g/mol. The van der Waals surface area contributed by atoms with E-state index in [0.29, 0.717) is 6.04 Å². The van der Waals surface area contributed by atoms with Gasteiger partial charge in [0.15, 0.2) is 0 Å². The maximum Gasteiger partial charge on any atom is 0.123 e. The minimum atomic E-state index is 0.397. The summed E-state index contributed by atoms with van der Waals surface area (Å²) in [6.07, 6.45) is 13.4. The molecule has 1 aromatic heterocycles. The highest BCUT2D eigenvalue weighted by Gasteiger charge is 2.15. The van der Waals surface area contributed by atoms with Crippen LogP contribution >= 0.6 is 0 Å². The fourth-order valence-electron chi connectivity index (χ4n) is 2.84. The lowest BCUT2D eigenvalue weighted by Gasteiger charge is -2.22. The Balaban J connectivity index is 1.69. The predicted molar refractivity (Wildman–Crippen MR) is 70.8 cm³/mol. The summed E-state index contributed by atoms with van der Waals surface area (Å²) in [6.45, 7) is 3.34. The van der Waals surface area contributed by atoms with E-state index in [-0.39, 0.29) is 0 Å². The van der Waals surface area contributed by atoms with Gasteiger partial charge in [-0.25, -0.2) is 4.98 Å². The van der Waals surface area contributed by atoms with E-state index in [1.54, 1.807) is 0 Å². The molecule has 0 aliphatic heterocycles. The standard InChI is InChI=1S/C14H25N3/c1-2-13(14-16-10-11-17-14)15-9-8-12-6-4-3-5-7-12/h10-13,15H,2-9H2,1H3,(H,16,17). The zero-order valence-electron chi connectivity index (χ0n) is 10.9. The molecule has 3 nitrogen and oxygen atoms in total. The van der Waals surface area contributed by atoms with Gasteiger partial charge in [-0.1, -0.05) is 39.0 Å². The molecule has 0 bridgehead atoms. The molecular formula is C14H25N3. The number of rotatable bonds is 6. The van der Waals surface area contributed by atoms with Gasteiger partial charge in [0.05, 0.1) is 6.04 Å². The van der Waals surface area contributed by atoms with Gasteiger partial charge in [-0.15, -0.1) is 0 Å². The number of H-pyrrole nitrogens is 1. The summed E-state index contributed by atoms with van der Waals surface area (Å²) in [4.78, 5) is 7.54. The molecule has 0 amide bonds. The summed E-state index contributed by atoms with van der Waals surface area (Å²) < 4.78 is 0. The molecular weight excluding hydrogens is 210 g/mol. The van der Waals surface area contributed by atoms with Crippen molar-refractivity contribution in [1.82, 2.24) is 15.3 Å². The first-order valence-electron chi connectivity index (χ1n) is 7.12. The second-order valence-electron chi connectivity index (χ2n) is 5.18. The van der Waals surface area contributed by atoms with Gasteiger partial charge >= 0.3 is 0 Å². The van der Waals surface area contributed by atoms with Crippen molar-refractivity contribution < 1.29 is 0 Å². The molecule has 0 spiro atoms. The van der Waals surface area contributed by atoms with E-state index in [9.17, 15) is 0 Å². The molecule has 96 valence electrons. The molecule has 2 N–H and O–H groups in total. The van der Waals surface area contributed by atoms with Crippen LogP contribution in [-0.2, 0) is 0 Å². The molecule has 1 aliphatic carbocycles. The van der Waals surface area contributed by atoms with Crippen molar-refractivity contribution in [2.45, 2.75) is 57.9 Å². The normalized spacial score (nSPS) is 19.4. The number of aromatic amines is 1. The number of aromatic nitrogens is 2. The SMILES string of the molecule is CCC(NCCC1CCCCC1)c1ncc[nH]1. The third kappa shape index (κ3) is 3.84. The van der Waals surface area contributed by atoms with Crippen molar-refractivity contribution in [2.75, 3.05) is 6.54 Å². The Morgan fingerprint density at radius 2 is 2.24 bits per heavy atom. The van der Waals surface area contributed by atoms with Crippen LogP contribution in [0.25, 0.3) is 0 Å². The van der Waals surface area contributed by atoms with E-state index in [4.69, 9.17) is 0 Å². The van der Waals surface area contributed by atoms with Gasteiger partial charge in [-0.3, -0.25) is 0 Å². The largest absolute Gasteiger partial charge is 0.347 e. The third-order valence-electron chi connectivity index (χ3n) is 3.93. The number of hydrogen-bond acceptors (Lipinski definition) is 2. The lowest BCUT2D eigenvalue weighted by atomic mass is 9.87. The second kappa shape index (κ2) is 6.80. The van der Waals surface area contributed by atoms with E-state index in [2.05, 4.69) is 22.2 Å². The third-order valence-corrected chi connectivity index (χ3v) is 3.93. The van der Waals surface area contributed by atoms with E-state index in [0.717, 1.165) is 24.7 Å². The highest BCUT2D eigenvalue weighted by molar-refractivity contribution is 4.94. The van der Waals surface area contributed by atoms with E-state index >= 15 is 0 Å². The van der Waals surface area contributed by atoms with Crippen LogP contribution in [-0.4, -0.2) is 16.5 Å². The van der Waals surface area contributed by atoms with Gasteiger partial charge in [0.25, 0.3) is 0 Å². The highest BCUT2D eigenvalue weighted by Crippen LogP contribution is 2.26. The van der Waals surface area contributed by atoms with Crippen molar-refractivity contribution in [2.24, 2.45) is 5.92 Å². The minimum absolute atomic E-state index is 0.397. The minimum Gasteiger partial charge on any atom is -0.347 e. The lowest BCUT2D eigenvalue weighted by Crippen LogP contribution is -2.25. The summed E-state index contributed by atoms with van der Waals surface area (Å²) in [6, 6.07) is 0.397. The average Bonchev–Trinajstić information content (AvgIpc) is 2.90. The number of nitrogens with zero attached hydrogens (tertiary/aromatic N) is 1. The maximum absolute atomic E-state index is 4.33.